The van der Waals surface area contributed by atoms with Gasteiger partial charge in [-0.05, 0) is 43.2 Å². The van der Waals surface area contributed by atoms with Gasteiger partial charge in [0.2, 0.25) is 0 Å². The number of fused-ring (bicyclic) bond motifs is 1. The van der Waals surface area contributed by atoms with Crippen LogP contribution in [0.4, 0.5) is 11.4 Å². The van der Waals surface area contributed by atoms with Crippen molar-refractivity contribution >= 4 is 40.4 Å². The molecule has 150 valence electrons. The Kier molecular flexibility index (Phi) is 9.07. The smallest absolute Gasteiger partial charge is 0.547 e. The van der Waals surface area contributed by atoms with Crippen molar-refractivity contribution in [3.05, 3.63) is 54.1 Å². The Hall–Kier alpha value is -1.96. The Morgan fingerprint density at radius 3 is 2.69 bits per heavy atom. The molecule has 0 spiro atoms. The normalized spacial score (nSPS) is 16.2. The second-order valence-corrected chi connectivity index (χ2v) is 7.07. The molecular formula is C22H27MgN2O4+. The molecule has 6 nitrogen and oxygen atoms in total. The molecule has 0 amide bonds. The molecule has 1 N–H and O–H groups in total. The van der Waals surface area contributed by atoms with Crippen LogP contribution < -0.4 is 20.1 Å². The molecule has 1 aliphatic heterocycles. The maximum Gasteiger partial charge on any atom is 2.00 e. The molecule has 1 unspecified atom stereocenters. The number of aliphatic carboxylic acids is 1. The fraction of sp³-hybridized carbons (Fsp3) is 0.409. The van der Waals surface area contributed by atoms with Crippen molar-refractivity contribution in [1.29, 1.82) is 0 Å². The monoisotopic (exact) mass is 407 g/mol. The zero-order valence-corrected chi connectivity index (χ0v) is 18.5. The van der Waals surface area contributed by atoms with E-state index >= 15 is 0 Å². The third-order valence-electron chi connectivity index (χ3n) is 4.87. The van der Waals surface area contributed by atoms with Crippen LogP contribution in [-0.2, 0) is 16.0 Å². The van der Waals surface area contributed by atoms with Crippen LogP contribution in [0, 0.1) is 0 Å². The second kappa shape index (κ2) is 11.3. The molecule has 0 saturated carbocycles. The van der Waals surface area contributed by atoms with Gasteiger partial charge in [-0.1, -0.05) is 24.3 Å². The number of carboxylic acid groups (broad SMARTS) is 1. The van der Waals surface area contributed by atoms with Crippen molar-refractivity contribution < 1.29 is 19.4 Å². The van der Waals surface area contributed by atoms with Crippen molar-refractivity contribution in [2.24, 2.45) is 0 Å². The minimum absolute atomic E-state index is 0. The number of benzene rings is 2. The Balaban J connectivity index is 0.00000300. The van der Waals surface area contributed by atoms with Gasteiger partial charge in [-0.25, -0.2) is 0 Å². The van der Waals surface area contributed by atoms with Gasteiger partial charge in [0.1, 0.15) is 18.0 Å². The Morgan fingerprint density at radius 2 is 2.00 bits per heavy atom. The molecule has 0 saturated heterocycles. The zero-order chi connectivity index (χ0) is 19.9. The molecule has 3 rings (SSSR count). The Bertz CT molecular complexity index is 785. The summed E-state index contributed by atoms with van der Waals surface area (Å²) in [5.41, 5.74) is 3.08. The van der Waals surface area contributed by atoms with Gasteiger partial charge in [-0.15, -0.1) is 0 Å². The first-order valence-corrected chi connectivity index (χ1v) is 9.64. The average Bonchev–Trinajstić information content (AvgIpc) is 2.70. The van der Waals surface area contributed by atoms with E-state index in [0.717, 1.165) is 48.7 Å². The molecule has 2 aromatic rings. The van der Waals surface area contributed by atoms with Crippen molar-refractivity contribution in [1.82, 2.24) is 0 Å². The SMILES string of the molecule is CO[C@@H](Cc1ccc(NCCCN2CC(C)Oc3ccccc32)cc1)C(=O)[O-].[Mg+2]. The van der Waals surface area contributed by atoms with Crippen LogP contribution in [0.1, 0.15) is 18.9 Å². The molecule has 0 fully saturated rings. The summed E-state index contributed by atoms with van der Waals surface area (Å²) in [6.07, 6.45) is 0.567. The van der Waals surface area contributed by atoms with E-state index in [9.17, 15) is 9.90 Å². The van der Waals surface area contributed by atoms with E-state index in [0.29, 0.717) is 6.42 Å². The van der Waals surface area contributed by atoms with Gasteiger partial charge in [0.15, 0.2) is 0 Å². The fourth-order valence-corrected chi connectivity index (χ4v) is 3.43. The van der Waals surface area contributed by atoms with Gasteiger partial charge in [-0.2, -0.15) is 0 Å². The van der Waals surface area contributed by atoms with Crippen LogP contribution in [0.3, 0.4) is 0 Å². The van der Waals surface area contributed by atoms with Crippen molar-refractivity contribution in [3.63, 3.8) is 0 Å². The third-order valence-corrected chi connectivity index (χ3v) is 4.87. The minimum atomic E-state index is -1.19. The number of carboxylic acids is 1. The predicted molar refractivity (Wildman–Crippen MR) is 114 cm³/mol. The summed E-state index contributed by atoms with van der Waals surface area (Å²) in [7, 11) is 1.38. The van der Waals surface area contributed by atoms with Crippen molar-refractivity contribution in [3.8, 4) is 5.75 Å². The number of methoxy groups -OCH3 is 1. The number of rotatable bonds is 9. The van der Waals surface area contributed by atoms with E-state index in [1.54, 1.807) is 0 Å². The van der Waals surface area contributed by atoms with Crippen molar-refractivity contribution in [2.75, 3.05) is 37.0 Å². The molecule has 29 heavy (non-hydrogen) atoms. The Morgan fingerprint density at radius 1 is 1.28 bits per heavy atom. The van der Waals surface area contributed by atoms with Crippen LogP contribution in [0.15, 0.2) is 48.5 Å². The first-order chi connectivity index (χ1) is 13.6. The summed E-state index contributed by atoms with van der Waals surface area (Å²) in [6, 6.07) is 15.9. The van der Waals surface area contributed by atoms with Gasteiger partial charge >= 0.3 is 23.1 Å². The molecule has 7 heteroatoms. The largest absolute Gasteiger partial charge is 2.00 e. The summed E-state index contributed by atoms with van der Waals surface area (Å²) in [6.45, 7) is 4.80. The van der Waals surface area contributed by atoms with Crippen LogP contribution in [0.25, 0.3) is 0 Å². The fourth-order valence-electron chi connectivity index (χ4n) is 3.43. The first-order valence-electron chi connectivity index (χ1n) is 9.64. The van der Waals surface area contributed by atoms with Gasteiger partial charge < -0.3 is 29.6 Å². The number of carbonyl (C=O) groups is 1. The molecule has 2 atom stereocenters. The molecule has 2 aromatic carbocycles. The number of hydrogen-bond donors (Lipinski definition) is 1. The molecule has 0 radical (unpaired) electrons. The first kappa shape index (κ1) is 23.3. The number of anilines is 2. The van der Waals surface area contributed by atoms with E-state index in [2.05, 4.69) is 23.2 Å². The van der Waals surface area contributed by atoms with Gasteiger partial charge in [0.05, 0.1) is 18.2 Å². The van der Waals surface area contributed by atoms with E-state index in [4.69, 9.17) is 9.47 Å². The predicted octanol–water partition coefficient (Wildman–Crippen LogP) is 1.70. The van der Waals surface area contributed by atoms with Gasteiger partial charge in [0, 0.05) is 32.3 Å². The standard InChI is InChI=1S/C22H28N2O4.Mg/c1-16-15-24(19-6-3-4-7-20(19)28-16)13-5-12-23-18-10-8-17(9-11-18)14-21(27-2)22(25)26;/h3-4,6-11,16,21,23H,5,12-15H2,1-2H3,(H,25,26);/q;+2/p-1/t16?,21-;/m0./s1. The number of ether oxygens (including phenoxy) is 2. The third kappa shape index (κ3) is 6.52. The van der Waals surface area contributed by atoms with E-state index in [1.807, 2.05) is 42.5 Å². The summed E-state index contributed by atoms with van der Waals surface area (Å²) in [5.74, 6) is -0.237. The van der Waals surface area contributed by atoms with Gasteiger partial charge in [-0.3, -0.25) is 0 Å². The number of nitrogens with zero attached hydrogens (tertiary/aromatic N) is 1. The second-order valence-electron chi connectivity index (χ2n) is 7.07. The van der Waals surface area contributed by atoms with Crippen LogP contribution in [0.5, 0.6) is 5.75 Å². The van der Waals surface area contributed by atoms with E-state index in [-0.39, 0.29) is 29.2 Å². The maximum atomic E-state index is 10.9. The maximum absolute atomic E-state index is 10.9. The summed E-state index contributed by atoms with van der Waals surface area (Å²) in [4.78, 5) is 13.3. The molecular weight excluding hydrogens is 381 g/mol. The average molecular weight is 408 g/mol. The number of nitrogens with one attached hydrogen (secondary N) is 1. The number of para-hydroxylation sites is 2. The molecule has 0 aliphatic carbocycles. The van der Waals surface area contributed by atoms with Crippen LogP contribution >= 0.6 is 0 Å². The minimum Gasteiger partial charge on any atom is -0.547 e. The quantitative estimate of drug-likeness (QED) is 0.504. The van der Waals surface area contributed by atoms with Crippen molar-refractivity contribution in [2.45, 2.75) is 32.0 Å². The topological polar surface area (TPSA) is 73.9 Å². The molecule has 0 bridgehead atoms. The summed E-state index contributed by atoms with van der Waals surface area (Å²) in [5, 5.41) is 14.4. The number of carbonyl (C=O) groups excluding carboxylic acids is 1. The van der Waals surface area contributed by atoms with E-state index < -0.39 is 12.1 Å². The molecule has 0 aromatic heterocycles. The van der Waals surface area contributed by atoms with Gasteiger partial charge in [0.25, 0.3) is 0 Å². The molecule has 1 heterocycles. The number of hydrogen-bond acceptors (Lipinski definition) is 6. The zero-order valence-electron chi connectivity index (χ0n) is 17.1. The Labute approximate surface area is 188 Å². The summed E-state index contributed by atoms with van der Waals surface area (Å²) < 4.78 is 10.8. The van der Waals surface area contributed by atoms with Crippen LogP contribution in [-0.4, -0.2) is 68.0 Å². The van der Waals surface area contributed by atoms with E-state index in [1.165, 1.54) is 7.11 Å². The van der Waals surface area contributed by atoms with Crippen LogP contribution in [0.2, 0.25) is 0 Å². The molecule has 1 aliphatic rings. The summed E-state index contributed by atoms with van der Waals surface area (Å²) >= 11 is 0.